The lowest BCUT2D eigenvalue weighted by molar-refractivity contribution is 1.19. The van der Waals surface area contributed by atoms with Crippen molar-refractivity contribution in [1.82, 2.24) is 48.1 Å². The summed E-state index contributed by atoms with van der Waals surface area (Å²) in [5, 5.41) is 22.8. The van der Waals surface area contributed by atoms with Crippen molar-refractivity contribution in [2.45, 2.75) is 0 Å². The number of rotatable bonds is 7. The summed E-state index contributed by atoms with van der Waals surface area (Å²) in [6, 6.07) is 158. The van der Waals surface area contributed by atoms with Gasteiger partial charge in [-0.2, -0.15) is 0 Å². The van der Waals surface area contributed by atoms with Crippen LogP contribution >= 0.6 is 0 Å². The van der Waals surface area contributed by atoms with Crippen LogP contribution in [0, 0.1) is 0 Å². The first-order valence-corrected chi connectivity index (χ1v) is 45.9. The molecule has 9 aromatic heterocycles. The Labute approximate surface area is 772 Å². The quantitative estimate of drug-likeness (QED) is 0.146. The Bertz CT molecular complexity index is 10100. The van der Waals surface area contributed by atoms with Crippen molar-refractivity contribution in [3.63, 3.8) is 0 Å². The molecule has 29 aromatic rings. The smallest absolute Gasteiger partial charge is 0.160 e. The summed E-state index contributed by atoms with van der Waals surface area (Å²) >= 11 is 0. The van der Waals surface area contributed by atoms with E-state index in [0.717, 1.165) is 149 Å². The number of pyridine rings is 5. The van der Waals surface area contributed by atoms with Crippen molar-refractivity contribution >= 4 is 180 Å². The van der Waals surface area contributed by atoms with Crippen molar-refractivity contribution < 1.29 is 0 Å². The lowest BCUT2D eigenvalue weighted by atomic mass is 9.90. The molecule has 0 saturated carbocycles. The van der Waals surface area contributed by atoms with Crippen LogP contribution in [0.5, 0.6) is 0 Å². The Hall–Kier alpha value is -18.3. The third-order valence-electron chi connectivity index (χ3n) is 27.9. The molecule has 0 spiro atoms. The first-order chi connectivity index (χ1) is 67.0. The second-order valence-electron chi connectivity index (χ2n) is 35.2. The number of hydrogen-bond donors (Lipinski definition) is 0. The average Bonchev–Trinajstić information content (AvgIpc) is 1.68. The normalized spacial score (nSPS) is 12.0. The van der Waals surface area contributed by atoms with E-state index in [1.807, 2.05) is 24.4 Å². The Balaban J connectivity index is 0.000000101. The van der Waals surface area contributed by atoms with Gasteiger partial charge in [-0.05, 0) is 212 Å². The lowest BCUT2D eigenvalue weighted by Crippen LogP contribution is -1.98. The predicted molar refractivity (Wildman–Crippen MR) is 562 cm³/mol. The van der Waals surface area contributed by atoms with Gasteiger partial charge in [0.25, 0.3) is 0 Å². The molecule has 0 atom stereocenters. The van der Waals surface area contributed by atoms with Crippen LogP contribution in [0.25, 0.3) is 281 Å². The number of aromatic nitrogens is 10. The zero-order valence-corrected chi connectivity index (χ0v) is 72.7. The molecule has 0 radical (unpaired) electrons. The topological polar surface area (TPSA) is 103 Å². The number of nitrogens with zero attached hydrogens (tertiary/aromatic N) is 10. The van der Waals surface area contributed by atoms with Crippen LogP contribution in [0.1, 0.15) is 0 Å². The summed E-state index contributed by atoms with van der Waals surface area (Å²) in [7, 11) is 0. The molecule has 30 rings (SSSR count). The minimum absolute atomic E-state index is 0.694. The molecule has 9 heterocycles. The fraction of sp³-hybridized carbons (Fsp3) is 0. The maximum atomic E-state index is 5.30. The summed E-state index contributed by atoms with van der Waals surface area (Å²) in [4.78, 5) is 35.8. The van der Waals surface area contributed by atoms with Crippen molar-refractivity contribution in [2.24, 2.45) is 0 Å². The van der Waals surface area contributed by atoms with Gasteiger partial charge < -0.3 is 0 Å². The SMILES string of the molecule is c1cc2c3c(cccc3c1)-c1cc(-c3cc4c5ccccc5n5c6ccccc6nc5c4c4ccccc34)ccc1-2.c1ccc(-c2ccc(-c3nc(-c4ccccc4)cc(-c4cc5c6ccccc6n6c7ccccc7nc6c5c5ccccc45)n3)cc2)cc1.c1cnc2c(c1)ccc1ccc(-c3ccc(-c4cc5c6ccccc6n6c7ccccc7nc6c5c5ccccc45)cc3)nc12. The summed E-state index contributed by atoms with van der Waals surface area (Å²) < 4.78 is 6.98. The molecule has 1 aliphatic carbocycles. The third-order valence-corrected chi connectivity index (χ3v) is 27.9. The van der Waals surface area contributed by atoms with Crippen LogP contribution in [0.4, 0.5) is 0 Å². The van der Waals surface area contributed by atoms with Crippen LogP contribution in [0.2, 0.25) is 0 Å². The summed E-state index contributed by atoms with van der Waals surface area (Å²) in [5.74, 6) is 0.694. The zero-order chi connectivity index (χ0) is 88.5. The van der Waals surface area contributed by atoms with E-state index < -0.39 is 0 Å². The van der Waals surface area contributed by atoms with Gasteiger partial charge in [-0.15, -0.1) is 0 Å². The first kappa shape index (κ1) is 75.7. The molecule has 0 aliphatic heterocycles. The molecule has 10 heteroatoms. The molecular weight excluding hydrogens is 1640 g/mol. The van der Waals surface area contributed by atoms with Crippen molar-refractivity contribution in [3.05, 3.63) is 449 Å². The summed E-state index contributed by atoms with van der Waals surface area (Å²) in [6.07, 6.45) is 1.84. The Kier molecular flexibility index (Phi) is 16.9. The maximum absolute atomic E-state index is 5.30. The molecule has 0 unspecified atom stereocenters. The van der Waals surface area contributed by atoms with E-state index >= 15 is 0 Å². The van der Waals surface area contributed by atoms with Gasteiger partial charge in [0.2, 0.25) is 0 Å². The highest BCUT2D eigenvalue weighted by molar-refractivity contribution is 6.30. The molecule has 1 aliphatic rings. The number of fused-ring (bicyclic) bond motifs is 36. The number of para-hydroxylation sites is 9. The Morgan fingerprint density at radius 3 is 1.07 bits per heavy atom. The van der Waals surface area contributed by atoms with Gasteiger partial charge in [-0.25, -0.2) is 29.9 Å². The fourth-order valence-corrected chi connectivity index (χ4v) is 21.8. The molecule has 0 fully saturated rings. The number of benzene rings is 20. The highest BCUT2D eigenvalue weighted by Crippen LogP contribution is 2.52. The van der Waals surface area contributed by atoms with E-state index in [2.05, 4.69) is 443 Å². The standard InChI is InChI=1S/C45H28N4.C41H24N4.C39H22N2/c1-3-13-29(14-4-1)30-23-25-32(26-24-30)44-46-39(31-15-5-2-6-16-31)28-40(47-44)36-27-37-34-18-9-11-21-41(34)49-42-22-12-10-20-38(42)48-45(49)43(37)35-19-8-7-17-33(35)36;1-2-11-31-29(9-1)32(24-33-30-10-3-5-13-36(30)45-37-14-6-4-12-35(37)44-41(45)38(31)33)25-15-17-26(18-16-25)34-22-21-28-20-19-27-8-7-23-42-39(27)40(28)43-34;1-2-13-29-25(11-1)31(24-19-20-26-28-14-7-9-23-10-8-15-30(37(23)28)32(26)21-24)22-33-27-12-3-5-17-35(27)41-36-18-6-4-16-34(36)40-39(41)38(29)33/h1-28H;1-24H;1-22H. The molecule has 0 N–H and O–H groups in total. The number of imidazole rings is 3. The van der Waals surface area contributed by atoms with Gasteiger partial charge in [-0.1, -0.05) is 346 Å². The maximum Gasteiger partial charge on any atom is 0.160 e. The second-order valence-corrected chi connectivity index (χ2v) is 35.2. The van der Waals surface area contributed by atoms with E-state index in [1.54, 1.807) is 0 Å². The second kappa shape index (κ2) is 30.2. The van der Waals surface area contributed by atoms with Gasteiger partial charge in [0.1, 0.15) is 16.9 Å². The third kappa shape index (κ3) is 11.9. The van der Waals surface area contributed by atoms with E-state index in [4.69, 9.17) is 29.9 Å². The Morgan fingerprint density at radius 1 is 0.163 bits per heavy atom. The van der Waals surface area contributed by atoms with Crippen LogP contribution in [-0.4, -0.2) is 48.1 Å². The molecule has 135 heavy (non-hydrogen) atoms. The molecule has 0 saturated heterocycles. The van der Waals surface area contributed by atoms with Crippen LogP contribution in [-0.2, 0) is 0 Å². The molecule has 10 nitrogen and oxygen atoms in total. The average molecular weight is 1720 g/mol. The lowest BCUT2D eigenvalue weighted by Gasteiger charge is -2.16. The van der Waals surface area contributed by atoms with Gasteiger partial charge in [0.15, 0.2) is 5.82 Å². The van der Waals surface area contributed by atoms with E-state index in [9.17, 15) is 0 Å². The van der Waals surface area contributed by atoms with E-state index in [1.165, 1.54) is 126 Å². The molecule has 624 valence electrons. The van der Waals surface area contributed by atoms with E-state index in [0.29, 0.717) is 5.82 Å². The molecule has 20 aromatic carbocycles. The minimum atomic E-state index is 0.694. The molecular formula is C125H74N10. The highest BCUT2D eigenvalue weighted by atomic mass is 15.0. The fourth-order valence-electron chi connectivity index (χ4n) is 21.8. The van der Waals surface area contributed by atoms with Gasteiger partial charge in [0, 0.05) is 71.5 Å². The van der Waals surface area contributed by atoms with Crippen molar-refractivity contribution in [1.29, 1.82) is 0 Å². The molecule has 0 bridgehead atoms. The first-order valence-electron chi connectivity index (χ1n) is 45.9. The van der Waals surface area contributed by atoms with Crippen LogP contribution in [0.3, 0.4) is 0 Å². The van der Waals surface area contributed by atoms with E-state index in [-0.39, 0.29) is 0 Å². The summed E-state index contributed by atoms with van der Waals surface area (Å²) in [6.45, 7) is 0. The monoisotopic (exact) mass is 1710 g/mol. The molecule has 0 amide bonds. The van der Waals surface area contributed by atoms with Gasteiger partial charge in [0.05, 0.1) is 77.8 Å². The van der Waals surface area contributed by atoms with Crippen molar-refractivity contribution in [2.75, 3.05) is 0 Å². The van der Waals surface area contributed by atoms with Gasteiger partial charge in [-0.3, -0.25) is 18.2 Å². The zero-order valence-electron chi connectivity index (χ0n) is 72.7. The minimum Gasteiger partial charge on any atom is -0.292 e. The largest absolute Gasteiger partial charge is 0.292 e. The Morgan fingerprint density at radius 2 is 0.541 bits per heavy atom. The number of hydrogen-bond acceptors (Lipinski definition) is 7. The van der Waals surface area contributed by atoms with Crippen LogP contribution in [0.15, 0.2) is 449 Å². The van der Waals surface area contributed by atoms with Crippen molar-refractivity contribution in [3.8, 4) is 101 Å². The highest BCUT2D eigenvalue weighted by Gasteiger charge is 2.27. The predicted octanol–water partition coefficient (Wildman–Crippen LogP) is 32.2. The summed E-state index contributed by atoms with van der Waals surface area (Å²) in [5.41, 5.74) is 34.1. The van der Waals surface area contributed by atoms with Gasteiger partial charge >= 0.3 is 0 Å². The van der Waals surface area contributed by atoms with Crippen LogP contribution < -0.4 is 0 Å².